The molecule has 0 bridgehead atoms. The number of carbonyl (C=O) groups is 2. The van der Waals surface area contributed by atoms with E-state index in [1.54, 1.807) is 12.1 Å². The van der Waals surface area contributed by atoms with E-state index < -0.39 is 5.91 Å². The first kappa shape index (κ1) is 17.8. The van der Waals surface area contributed by atoms with Crippen molar-refractivity contribution < 1.29 is 9.59 Å². The van der Waals surface area contributed by atoms with Crippen molar-refractivity contribution in [2.45, 2.75) is 6.92 Å². The lowest BCUT2D eigenvalue weighted by molar-refractivity contribution is -0.115. The molecule has 2 amide bonds. The summed E-state index contributed by atoms with van der Waals surface area (Å²) in [5.41, 5.74) is 1.96. The number of aryl methyl sites for hydroxylation is 1. The second kappa shape index (κ2) is 7.81. The molecule has 7 heteroatoms. The lowest BCUT2D eigenvalue weighted by Crippen LogP contribution is -2.33. The molecule has 0 saturated carbocycles. The molecule has 0 unspecified atom stereocenters. The highest BCUT2D eigenvalue weighted by Crippen LogP contribution is 2.22. The lowest BCUT2D eigenvalue weighted by Gasteiger charge is -2.10. The number of hydrogen-bond donors (Lipinski definition) is 2. The Kier molecular flexibility index (Phi) is 6.04. The van der Waals surface area contributed by atoms with Crippen molar-refractivity contribution in [1.82, 2.24) is 5.32 Å². The predicted octanol–water partition coefficient (Wildman–Crippen LogP) is 4.43. The van der Waals surface area contributed by atoms with E-state index in [2.05, 4.69) is 26.6 Å². The molecule has 2 rings (SSSR count). The van der Waals surface area contributed by atoms with Gasteiger partial charge in [-0.25, -0.2) is 0 Å². The molecule has 0 atom stereocenters. The molecule has 0 spiro atoms. The van der Waals surface area contributed by atoms with Gasteiger partial charge in [0.1, 0.15) is 0 Å². The molecular formula is C16H13BrCl2N2O2. The molecule has 0 fully saturated rings. The van der Waals surface area contributed by atoms with Gasteiger partial charge in [0, 0.05) is 15.7 Å². The standard InChI is InChI=1S/C16H13BrCl2N2O2/c1-9-6-11(17)3-5-14(9)21-15(22)8-20-16(23)10-2-4-12(18)13(19)7-10/h2-7H,8H2,1H3,(H,20,23)(H,21,22). The molecule has 0 aliphatic rings. The summed E-state index contributed by atoms with van der Waals surface area (Å²) in [4.78, 5) is 23.9. The number of hydrogen-bond acceptors (Lipinski definition) is 2. The topological polar surface area (TPSA) is 58.2 Å². The van der Waals surface area contributed by atoms with Gasteiger partial charge in [0.25, 0.3) is 5.91 Å². The molecule has 0 aliphatic heterocycles. The van der Waals surface area contributed by atoms with Crippen LogP contribution >= 0.6 is 39.1 Å². The Labute approximate surface area is 152 Å². The molecule has 4 nitrogen and oxygen atoms in total. The van der Waals surface area contributed by atoms with Gasteiger partial charge in [-0.3, -0.25) is 9.59 Å². The van der Waals surface area contributed by atoms with Crippen LogP contribution in [0.1, 0.15) is 15.9 Å². The van der Waals surface area contributed by atoms with E-state index in [1.165, 1.54) is 12.1 Å². The van der Waals surface area contributed by atoms with Crippen LogP contribution in [0.2, 0.25) is 10.0 Å². The van der Waals surface area contributed by atoms with E-state index in [-0.39, 0.29) is 17.5 Å². The van der Waals surface area contributed by atoms with Crippen LogP contribution in [0, 0.1) is 6.92 Å². The zero-order valence-corrected chi connectivity index (χ0v) is 15.2. The third-order valence-corrected chi connectivity index (χ3v) is 4.29. The van der Waals surface area contributed by atoms with Crippen LogP contribution in [0.4, 0.5) is 5.69 Å². The van der Waals surface area contributed by atoms with Gasteiger partial charge in [0.15, 0.2) is 0 Å². The summed E-state index contributed by atoms with van der Waals surface area (Å²) in [6.07, 6.45) is 0. The number of nitrogens with one attached hydrogen (secondary N) is 2. The summed E-state index contributed by atoms with van der Waals surface area (Å²) in [5, 5.41) is 5.93. The van der Waals surface area contributed by atoms with E-state index in [1.807, 2.05) is 19.1 Å². The van der Waals surface area contributed by atoms with Crippen LogP contribution in [-0.2, 0) is 4.79 Å². The maximum absolute atomic E-state index is 12.0. The van der Waals surface area contributed by atoms with Gasteiger partial charge >= 0.3 is 0 Å². The number of carbonyl (C=O) groups excluding carboxylic acids is 2. The van der Waals surface area contributed by atoms with Crippen LogP contribution in [0.5, 0.6) is 0 Å². The molecular weight excluding hydrogens is 403 g/mol. The van der Waals surface area contributed by atoms with Crippen LogP contribution in [0.3, 0.4) is 0 Å². The van der Waals surface area contributed by atoms with Gasteiger partial charge < -0.3 is 10.6 Å². The second-order valence-electron chi connectivity index (χ2n) is 4.82. The Hall–Kier alpha value is -1.56. The van der Waals surface area contributed by atoms with Gasteiger partial charge in [-0.15, -0.1) is 0 Å². The third-order valence-electron chi connectivity index (χ3n) is 3.05. The first-order valence-electron chi connectivity index (χ1n) is 6.66. The predicted molar refractivity (Wildman–Crippen MR) is 96.3 cm³/mol. The summed E-state index contributed by atoms with van der Waals surface area (Å²) in [6, 6.07) is 10.0. The number of rotatable bonds is 4. The van der Waals surface area contributed by atoms with Crippen molar-refractivity contribution in [3.63, 3.8) is 0 Å². The van der Waals surface area contributed by atoms with Crippen LogP contribution in [0.15, 0.2) is 40.9 Å². The van der Waals surface area contributed by atoms with Crippen molar-refractivity contribution in [2.24, 2.45) is 0 Å². The van der Waals surface area contributed by atoms with E-state index in [9.17, 15) is 9.59 Å². The Morgan fingerprint density at radius 2 is 1.83 bits per heavy atom. The Balaban J connectivity index is 1.93. The Morgan fingerprint density at radius 1 is 1.09 bits per heavy atom. The molecule has 0 heterocycles. The molecule has 0 radical (unpaired) electrons. The van der Waals surface area contributed by atoms with Gasteiger partial charge in [0.2, 0.25) is 5.91 Å². The fourth-order valence-corrected chi connectivity index (χ4v) is 2.64. The quantitative estimate of drug-likeness (QED) is 0.775. The van der Waals surface area contributed by atoms with Gasteiger partial charge in [-0.1, -0.05) is 39.1 Å². The van der Waals surface area contributed by atoms with Gasteiger partial charge in [-0.2, -0.15) is 0 Å². The summed E-state index contributed by atoms with van der Waals surface area (Å²) in [5.74, 6) is -0.713. The van der Waals surface area contributed by atoms with Crippen LogP contribution in [-0.4, -0.2) is 18.4 Å². The minimum Gasteiger partial charge on any atom is -0.343 e. The fourth-order valence-electron chi connectivity index (χ4n) is 1.86. The minimum absolute atomic E-state index is 0.144. The number of anilines is 1. The monoisotopic (exact) mass is 414 g/mol. The number of benzene rings is 2. The summed E-state index contributed by atoms with van der Waals surface area (Å²) in [7, 11) is 0. The smallest absolute Gasteiger partial charge is 0.251 e. The average molecular weight is 416 g/mol. The SMILES string of the molecule is Cc1cc(Br)ccc1NC(=O)CNC(=O)c1ccc(Cl)c(Cl)c1. The van der Waals surface area contributed by atoms with Crippen molar-refractivity contribution in [1.29, 1.82) is 0 Å². The van der Waals surface area contributed by atoms with Crippen molar-refractivity contribution in [3.8, 4) is 0 Å². The maximum Gasteiger partial charge on any atom is 0.251 e. The fraction of sp³-hybridized carbons (Fsp3) is 0.125. The Bertz CT molecular complexity index is 766. The van der Waals surface area contributed by atoms with Crippen LogP contribution in [0.25, 0.3) is 0 Å². The molecule has 0 aromatic heterocycles. The second-order valence-corrected chi connectivity index (χ2v) is 6.55. The largest absolute Gasteiger partial charge is 0.343 e. The van der Waals surface area contributed by atoms with E-state index in [0.717, 1.165) is 10.0 Å². The summed E-state index contributed by atoms with van der Waals surface area (Å²) < 4.78 is 0.931. The zero-order chi connectivity index (χ0) is 17.0. The number of halogens is 3. The molecule has 0 aliphatic carbocycles. The molecule has 23 heavy (non-hydrogen) atoms. The molecule has 0 saturated heterocycles. The average Bonchev–Trinajstić information content (AvgIpc) is 2.50. The summed E-state index contributed by atoms with van der Waals surface area (Å²) in [6.45, 7) is 1.74. The normalized spacial score (nSPS) is 10.3. The minimum atomic E-state index is -0.397. The van der Waals surface area contributed by atoms with Crippen LogP contribution < -0.4 is 10.6 Å². The summed E-state index contributed by atoms with van der Waals surface area (Å²) >= 11 is 15.0. The highest BCUT2D eigenvalue weighted by Gasteiger charge is 2.10. The molecule has 120 valence electrons. The first-order valence-corrected chi connectivity index (χ1v) is 8.21. The molecule has 2 aromatic rings. The van der Waals surface area contributed by atoms with E-state index in [0.29, 0.717) is 16.3 Å². The third kappa shape index (κ3) is 4.96. The number of amides is 2. The van der Waals surface area contributed by atoms with E-state index >= 15 is 0 Å². The van der Waals surface area contributed by atoms with Gasteiger partial charge in [0.05, 0.1) is 16.6 Å². The zero-order valence-electron chi connectivity index (χ0n) is 12.1. The van der Waals surface area contributed by atoms with Crippen molar-refractivity contribution >= 4 is 56.6 Å². The van der Waals surface area contributed by atoms with Crippen molar-refractivity contribution in [2.75, 3.05) is 11.9 Å². The van der Waals surface area contributed by atoms with Crippen molar-refractivity contribution in [3.05, 3.63) is 62.0 Å². The highest BCUT2D eigenvalue weighted by atomic mass is 79.9. The van der Waals surface area contributed by atoms with Gasteiger partial charge in [-0.05, 0) is 48.9 Å². The Morgan fingerprint density at radius 3 is 2.48 bits per heavy atom. The molecule has 2 aromatic carbocycles. The maximum atomic E-state index is 12.0. The molecule has 2 N–H and O–H groups in total. The highest BCUT2D eigenvalue weighted by molar-refractivity contribution is 9.10. The lowest BCUT2D eigenvalue weighted by atomic mass is 10.2. The first-order chi connectivity index (χ1) is 10.9. The van der Waals surface area contributed by atoms with E-state index in [4.69, 9.17) is 23.2 Å².